The Morgan fingerprint density at radius 3 is 2.73 bits per heavy atom. The van der Waals surface area contributed by atoms with Gasteiger partial charge in [-0.25, -0.2) is 0 Å². The Hall–Kier alpha value is -1.02. The van der Waals surface area contributed by atoms with E-state index in [2.05, 4.69) is 24.0 Å². The van der Waals surface area contributed by atoms with E-state index in [-0.39, 0.29) is 0 Å². The number of nitrogen functional groups attached to an aromatic ring is 1. The summed E-state index contributed by atoms with van der Waals surface area (Å²) < 4.78 is 0. The molecule has 0 aliphatic carbocycles. The molecule has 0 unspecified atom stereocenters. The first-order valence-electron chi connectivity index (χ1n) is 5.81. The zero-order valence-corrected chi connectivity index (χ0v) is 9.45. The molecule has 0 saturated carbocycles. The second kappa shape index (κ2) is 4.67. The molecule has 0 bridgehead atoms. The Bertz CT molecular complexity index is 305. The number of hydrogen-bond acceptors (Lipinski definition) is 2. The number of benzene rings is 1. The van der Waals surface area contributed by atoms with Crippen LogP contribution in [-0.4, -0.2) is 18.0 Å². The van der Waals surface area contributed by atoms with Gasteiger partial charge in [0, 0.05) is 18.8 Å². The summed E-state index contributed by atoms with van der Waals surface area (Å²) in [7, 11) is 0. The van der Waals surface area contributed by atoms with E-state index < -0.39 is 0 Å². The van der Waals surface area contributed by atoms with Crippen LogP contribution in [0.3, 0.4) is 0 Å². The van der Waals surface area contributed by atoms with Crippen LogP contribution in [0.5, 0.6) is 0 Å². The first-order chi connectivity index (χ1) is 7.24. The number of hydrogen-bond donors (Lipinski definition) is 1. The van der Waals surface area contributed by atoms with Gasteiger partial charge < -0.3 is 5.73 Å². The van der Waals surface area contributed by atoms with Gasteiger partial charge >= 0.3 is 0 Å². The second-order valence-electron chi connectivity index (χ2n) is 4.72. The summed E-state index contributed by atoms with van der Waals surface area (Å²) in [5.41, 5.74) is 7.89. The molecule has 2 heteroatoms. The average Bonchev–Trinajstić information content (AvgIpc) is 2.22. The first-order valence-corrected chi connectivity index (χ1v) is 5.81. The van der Waals surface area contributed by atoms with Crippen molar-refractivity contribution < 1.29 is 0 Å². The van der Waals surface area contributed by atoms with Crippen LogP contribution in [0.4, 0.5) is 5.69 Å². The Labute approximate surface area is 92.1 Å². The minimum Gasteiger partial charge on any atom is -0.399 e. The topological polar surface area (TPSA) is 29.3 Å². The molecule has 1 aromatic carbocycles. The molecule has 15 heavy (non-hydrogen) atoms. The maximum atomic E-state index is 5.67. The third-order valence-corrected chi connectivity index (χ3v) is 3.13. The molecule has 1 aliphatic rings. The zero-order chi connectivity index (χ0) is 10.7. The van der Waals surface area contributed by atoms with Crippen LogP contribution in [0.25, 0.3) is 0 Å². The molecule has 0 radical (unpaired) electrons. The number of piperidine rings is 1. The molecule has 0 aromatic heterocycles. The lowest BCUT2D eigenvalue weighted by Gasteiger charge is -2.30. The van der Waals surface area contributed by atoms with Gasteiger partial charge in [-0.15, -0.1) is 0 Å². The number of rotatable bonds is 2. The van der Waals surface area contributed by atoms with Crippen molar-refractivity contribution in [1.29, 1.82) is 0 Å². The van der Waals surface area contributed by atoms with Crippen LogP contribution in [0.15, 0.2) is 24.3 Å². The van der Waals surface area contributed by atoms with Crippen LogP contribution in [0, 0.1) is 5.92 Å². The predicted molar refractivity (Wildman–Crippen MR) is 64.5 cm³/mol. The molecule has 1 fully saturated rings. The standard InChI is InChI=1S/C13H20N2/c1-11-3-2-8-15(9-11)10-12-4-6-13(14)7-5-12/h4-7,11H,2-3,8-10,14H2,1H3/t11-/m0/s1. The highest BCUT2D eigenvalue weighted by atomic mass is 15.1. The van der Waals surface area contributed by atoms with Crippen molar-refractivity contribution in [1.82, 2.24) is 4.90 Å². The van der Waals surface area contributed by atoms with Crippen molar-refractivity contribution in [3.05, 3.63) is 29.8 Å². The van der Waals surface area contributed by atoms with Crippen LogP contribution in [-0.2, 0) is 6.54 Å². The molecule has 1 atom stereocenters. The van der Waals surface area contributed by atoms with Crippen LogP contribution >= 0.6 is 0 Å². The van der Waals surface area contributed by atoms with Gasteiger partial charge in [-0.2, -0.15) is 0 Å². The van der Waals surface area contributed by atoms with Crippen molar-refractivity contribution in [3.63, 3.8) is 0 Å². The molecule has 1 heterocycles. The molecule has 2 N–H and O–H groups in total. The fourth-order valence-electron chi connectivity index (χ4n) is 2.31. The van der Waals surface area contributed by atoms with E-state index in [0.29, 0.717) is 0 Å². The van der Waals surface area contributed by atoms with Crippen molar-refractivity contribution in [2.75, 3.05) is 18.8 Å². The monoisotopic (exact) mass is 204 g/mol. The molecule has 1 saturated heterocycles. The largest absolute Gasteiger partial charge is 0.399 e. The summed E-state index contributed by atoms with van der Waals surface area (Å²) in [5.74, 6) is 0.854. The molecule has 0 amide bonds. The molecule has 1 aliphatic heterocycles. The van der Waals surface area contributed by atoms with Gasteiger partial charge in [0.15, 0.2) is 0 Å². The molecular formula is C13H20N2. The third kappa shape index (κ3) is 2.96. The SMILES string of the molecule is C[C@H]1CCCN(Cc2ccc(N)cc2)C1. The van der Waals surface area contributed by atoms with Gasteiger partial charge in [-0.3, -0.25) is 4.90 Å². The van der Waals surface area contributed by atoms with Gasteiger partial charge in [0.1, 0.15) is 0 Å². The Balaban J connectivity index is 1.93. The van der Waals surface area contributed by atoms with E-state index in [9.17, 15) is 0 Å². The van der Waals surface area contributed by atoms with E-state index in [1.807, 2.05) is 12.1 Å². The summed E-state index contributed by atoms with van der Waals surface area (Å²) in [6.45, 7) is 5.90. The molecular weight excluding hydrogens is 184 g/mol. The highest BCUT2D eigenvalue weighted by Gasteiger charge is 2.15. The maximum Gasteiger partial charge on any atom is 0.0314 e. The Morgan fingerprint density at radius 1 is 1.33 bits per heavy atom. The fourth-order valence-corrected chi connectivity index (χ4v) is 2.31. The molecule has 2 rings (SSSR count). The first kappa shape index (κ1) is 10.5. The highest BCUT2D eigenvalue weighted by Crippen LogP contribution is 2.18. The van der Waals surface area contributed by atoms with E-state index >= 15 is 0 Å². The Kier molecular flexibility index (Phi) is 3.27. The van der Waals surface area contributed by atoms with Crippen molar-refractivity contribution >= 4 is 5.69 Å². The van der Waals surface area contributed by atoms with Crippen LogP contribution < -0.4 is 5.73 Å². The number of anilines is 1. The summed E-state index contributed by atoms with van der Waals surface area (Å²) in [6, 6.07) is 8.24. The van der Waals surface area contributed by atoms with Crippen LogP contribution in [0.1, 0.15) is 25.3 Å². The van der Waals surface area contributed by atoms with Gasteiger partial charge in [0.05, 0.1) is 0 Å². The summed E-state index contributed by atoms with van der Waals surface area (Å²) in [5, 5.41) is 0. The van der Waals surface area contributed by atoms with Crippen molar-refractivity contribution in [3.8, 4) is 0 Å². The van der Waals surface area contributed by atoms with E-state index in [4.69, 9.17) is 5.73 Å². The minimum absolute atomic E-state index is 0.853. The van der Waals surface area contributed by atoms with Gasteiger partial charge in [0.25, 0.3) is 0 Å². The quantitative estimate of drug-likeness (QED) is 0.750. The smallest absolute Gasteiger partial charge is 0.0314 e. The maximum absolute atomic E-state index is 5.67. The van der Waals surface area contributed by atoms with E-state index in [1.165, 1.54) is 31.5 Å². The molecule has 82 valence electrons. The normalized spacial score (nSPS) is 22.9. The number of nitrogens with zero attached hydrogens (tertiary/aromatic N) is 1. The summed E-state index contributed by atoms with van der Waals surface area (Å²) in [4.78, 5) is 2.54. The summed E-state index contributed by atoms with van der Waals surface area (Å²) in [6.07, 6.45) is 2.73. The lowest BCUT2D eigenvalue weighted by atomic mass is 10.00. The van der Waals surface area contributed by atoms with E-state index in [1.54, 1.807) is 0 Å². The zero-order valence-electron chi connectivity index (χ0n) is 9.45. The van der Waals surface area contributed by atoms with Crippen molar-refractivity contribution in [2.24, 2.45) is 5.92 Å². The van der Waals surface area contributed by atoms with Gasteiger partial charge in [-0.1, -0.05) is 19.1 Å². The molecule has 1 aromatic rings. The van der Waals surface area contributed by atoms with Gasteiger partial charge in [-0.05, 0) is 43.0 Å². The lowest BCUT2D eigenvalue weighted by molar-refractivity contribution is 0.176. The summed E-state index contributed by atoms with van der Waals surface area (Å²) >= 11 is 0. The third-order valence-electron chi connectivity index (χ3n) is 3.13. The number of likely N-dealkylation sites (tertiary alicyclic amines) is 1. The highest BCUT2D eigenvalue weighted by molar-refractivity contribution is 5.39. The second-order valence-corrected chi connectivity index (χ2v) is 4.72. The number of nitrogens with two attached hydrogens (primary N) is 1. The van der Waals surface area contributed by atoms with Gasteiger partial charge in [0.2, 0.25) is 0 Å². The van der Waals surface area contributed by atoms with Crippen LogP contribution in [0.2, 0.25) is 0 Å². The van der Waals surface area contributed by atoms with E-state index in [0.717, 1.165) is 18.2 Å². The predicted octanol–water partition coefficient (Wildman–Crippen LogP) is 2.50. The minimum atomic E-state index is 0.853. The average molecular weight is 204 g/mol. The fraction of sp³-hybridized carbons (Fsp3) is 0.538. The molecule has 2 nitrogen and oxygen atoms in total. The van der Waals surface area contributed by atoms with Crippen molar-refractivity contribution in [2.45, 2.75) is 26.3 Å². The Morgan fingerprint density at radius 2 is 2.07 bits per heavy atom. The lowest BCUT2D eigenvalue weighted by Crippen LogP contribution is -2.33. The molecule has 0 spiro atoms.